The first-order valence-electron chi connectivity index (χ1n) is 7.79. The summed E-state index contributed by atoms with van der Waals surface area (Å²) >= 11 is 6.12. The molecule has 1 N–H and O–H groups in total. The second kappa shape index (κ2) is 6.21. The number of anilines is 1. The van der Waals surface area contributed by atoms with Crippen LogP contribution in [0.5, 0.6) is 11.5 Å². The van der Waals surface area contributed by atoms with Gasteiger partial charge >= 0.3 is 6.29 Å². The molecule has 2 aromatic rings. The number of carbonyl (C=O) groups excluding carboxylic acids is 1. The molecule has 1 aliphatic heterocycles. The predicted molar refractivity (Wildman–Crippen MR) is 89.2 cm³/mol. The SMILES string of the molecule is O=C(Nc1cnc(-c2cc3c(cc2Cl)OC(F)(F)O3)cn1)C1CC=CC1. The molecule has 26 heavy (non-hydrogen) atoms. The van der Waals surface area contributed by atoms with Crippen molar-refractivity contribution in [3.05, 3.63) is 41.7 Å². The van der Waals surface area contributed by atoms with Crippen LogP contribution < -0.4 is 14.8 Å². The van der Waals surface area contributed by atoms with E-state index in [1.165, 1.54) is 24.5 Å². The van der Waals surface area contributed by atoms with Crippen molar-refractivity contribution in [3.63, 3.8) is 0 Å². The third-order valence-corrected chi connectivity index (χ3v) is 4.36. The predicted octanol–water partition coefficient (Wildman–Crippen LogP) is 4.02. The van der Waals surface area contributed by atoms with E-state index in [2.05, 4.69) is 24.8 Å². The van der Waals surface area contributed by atoms with Gasteiger partial charge in [-0.2, -0.15) is 0 Å². The zero-order chi connectivity index (χ0) is 18.3. The molecule has 4 rings (SSSR count). The van der Waals surface area contributed by atoms with Gasteiger partial charge in [-0.3, -0.25) is 9.78 Å². The van der Waals surface area contributed by atoms with Crippen molar-refractivity contribution in [3.8, 4) is 22.8 Å². The molecule has 0 spiro atoms. The number of allylic oxidation sites excluding steroid dienone is 2. The number of halogens is 3. The Morgan fingerprint density at radius 3 is 2.50 bits per heavy atom. The first-order valence-corrected chi connectivity index (χ1v) is 8.17. The molecule has 6 nitrogen and oxygen atoms in total. The lowest BCUT2D eigenvalue weighted by molar-refractivity contribution is -0.286. The van der Waals surface area contributed by atoms with E-state index in [-0.39, 0.29) is 28.3 Å². The van der Waals surface area contributed by atoms with E-state index >= 15 is 0 Å². The van der Waals surface area contributed by atoms with Crippen LogP contribution in [-0.2, 0) is 4.79 Å². The maximum absolute atomic E-state index is 13.1. The van der Waals surface area contributed by atoms with Gasteiger partial charge in [-0.25, -0.2) is 4.98 Å². The van der Waals surface area contributed by atoms with Crippen LogP contribution in [-0.4, -0.2) is 22.2 Å². The fourth-order valence-corrected chi connectivity index (χ4v) is 3.01. The van der Waals surface area contributed by atoms with Crippen molar-refractivity contribution in [1.82, 2.24) is 9.97 Å². The minimum Gasteiger partial charge on any atom is -0.395 e. The monoisotopic (exact) mass is 379 g/mol. The highest BCUT2D eigenvalue weighted by Gasteiger charge is 2.43. The number of alkyl halides is 2. The molecule has 0 fully saturated rings. The number of aromatic nitrogens is 2. The standard InChI is InChI=1S/C17H12ClF2N3O3/c18-11-6-14-13(25-17(19,20)26-14)5-10(11)12-7-22-15(8-21-12)23-16(24)9-3-1-2-4-9/h1-2,5-9H,3-4H2,(H,22,23,24). The quantitative estimate of drug-likeness (QED) is 0.815. The van der Waals surface area contributed by atoms with Gasteiger partial charge in [0, 0.05) is 17.5 Å². The van der Waals surface area contributed by atoms with E-state index < -0.39 is 6.29 Å². The fourth-order valence-electron chi connectivity index (χ4n) is 2.76. The Bertz CT molecular complexity index is 895. The van der Waals surface area contributed by atoms with E-state index in [0.29, 0.717) is 29.9 Å². The van der Waals surface area contributed by atoms with Crippen LogP contribution in [0.3, 0.4) is 0 Å². The van der Waals surface area contributed by atoms with Crippen LogP contribution in [0.25, 0.3) is 11.3 Å². The summed E-state index contributed by atoms with van der Waals surface area (Å²) in [6, 6.07) is 2.54. The molecule has 134 valence electrons. The minimum atomic E-state index is -3.72. The Kier molecular flexibility index (Phi) is 3.99. The van der Waals surface area contributed by atoms with E-state index in [1.807, 2.05) is 12.2 Å². The largest absolute Gasteiger partial charge is 0.586 e. The number of fused-ring (bicyclic) bond motifs is 1. The third-order valence-electron chi connectivity index (χ3n) is 4.05. The summed E-state index contributed by atoms with van der Waals surface area (Å²) < 4.78 is 35.1. The highest BCUT2D eigenvalue weighted by atomic mass is 35.5. The van der Waals surface area contributed by atoms with Crippen molar-refractivity contribution in [1.29, 1.82) is 0 Å². The van der Waals surface area contributed by atoms with Crippen LogP contribution in [0.2, 0.25) is 5.02 Å². The molecule has 1 aliphatic carbocycles. The van der Waals surface area contributed by atoms with Crippen LogP contribution in [0.1, 0.15) is 12.8 Å². The molecule has 9 heteroatoms. The summed E-state index contributed by atoms with van der Waals surface area (Å²) in [5, 5.41) is 2.86. The maximum atomic E-state index is 13.1. The van der Waals surface area contributed by atoms with E-state index in [9.17, 15) is 13.6 Å². The average Bonchev–Trinajstić information content (AvgIpc) is 3.21. The minimum absolute atomic E-state index is 0.0959. The van der Waals surface area contributed by atoms with Gasteiger partial charge in [-0.1, -0.05) is 23.8 Å². The van der Waals surface area contributed by atoms with Gasteiger partial charge < -0.3 is 14.8 Å². The lowest BCUT2D eigenvalue weighted by Gasteiger charge is -2.10. The lowest BCUT2D eigenvalue weighted by Crippen LogP contribution is -2.25. The molecule has 1 aromatic carbocycles. The summed E-state index contributed by atoms with van der Waals surface area (Å²) in [6.45, 7) is 0. The first-order chi connectivity index (χ1) is 12.4. The summed E-state index contributed by atoms with van der Waals surface area (Å²) in [5.74, 6) is -0.205. The molecule has 0 unspecified atom stereocenters. The van der Waals surface area contributed by atoms with Crippen LogP contribution in [0, 0.1) is 5.92 Å². The summed E-state index contributed by atoms with van der Waals surface area (Å²) in [5.41, 5.74) is 0.703. The second-order valence-electron chi connectivity index (χ2n) is 5.86. The van der Waals surface area contributed by atoms with E-state index in [4.69, 9.17) is 11.6 Å². The van der Waals surface area contributed by atoms with Gasteiger partial charge in [-0.15, -0.1) is 8.78 Å². The number of nitrogens with one attached hydrogen (secondary N) is 1. The molecule has 0 bridgehead atoms. The molecule has 1 aromatic heterocycles. The van der Waals surface area contributed by atoms with E-state index in [0.717, 1.165) is 0 Å². The number of rotatable bonds is 3. The Hall–Kier alpha value is -2.74. The number of ether oxygens (including phenoxy) is 2. The zero-order valence-electron chi connectivity index (χ0n) is 13.2. The normalized spacial score (nSPS) is 17.5. The van der Waals surface area contributed by atoms with Gasteiger partial charge in [-0.05, 0) is 18.9 Å². The summed E-state index contributed by atoms with van der Waals surface area (Å²) in [7, 11) is 0. The van der Waals surface area contributed by atoms with Crippen molar-refractivity contribution in [2.24, 2.45) is 5.92 Å². The number of nitrogens with zero attached hydrogens (tertiary/aromatic N) is 2. The summed E-state index contributed by atoms with van der Waals surface area (Å²) in [4.78, 5) is 20.4. The van der Waals surface area contributed by atoms with Gasteiger partial charge in [0.1, 0.15) is 0 Å². The number of hydrogen-bond acceptors (Lipinski definition) is 5. The number of benzene rings is 1. The molecule has 0 radical (unpaired) electrons. The molecular weight excluding hydrogens is 368 g/mol. The smallest absolute Gasteiger partial charge is 0.395 e. The molecule has 0 saturated carbocycles. The van der Waals surface area contributed by atoms with Crippen LogP contribution >= 0.6 is 11.6 Å². The Morgan fingerprint density at radius 2 is 1.85 bits per heavy atom. The number of hydrogen-bond donors (Lipinski definition) is 1. The number of carbonyl (C=O) groups is 1. The zero-order valence-corrected chi connectivity index (χ0v) is 14.0. The van der Waals surface area contributed by atoms with Crippen molar-refractivity contribution in [2.75, 3.05) is 5.32 Å². The topological polar surface area (TPSA) is 73.3 Å². The Morgan fingerprint density at radius 1 is 1.15 bits per heavy atom. The van der Waals surface area contributed by atoms with Gasteiger partial charge in [0.25, 0.3) is 0 Å². The lowest BCUT2D eigenvalue weighted by atomic mass is 10.1. The van der Waals surface area contributed by atoms with Gasteiger partial charge in [0.05, 0.1) is 23.1 Å². The Balaban J connectivity index is 1.53. The summed E-state index contributed by atoms with van der Waals surface area (Å²) in [6.07, 6.45) is 4.38. The molecular formula is C17H12ClF2N3O3. The molecule has 0 atom stereocenters. The fraction of sp³-hybridized carbons (Fsp3) is 0.235. The van der Waals surface area contributed by atoms with Crippen molar-refractivity contribution >= 4 is 23.3 Å². The molecule has 2 aliphatic rings. The third kappa shape index (κ3) is 3.20. The Labute approximate surface area is 151 Å². The highest BCUT2D eigenvalue weighted by Crippen LogP contribution is 2.45. The van der Waals surface area contributed by atoms with Crippen LogP contribution in [0.4, 0.5) is 14.6 Å². The second-order valence-corrected chi connectivity index (χ2v) is 6.27. The highest BCUT2D eigenvalue weighted by molar-refractivity contribution is 6.33. The molecule has 1 amide bonds. The van der Waals surface area contributed by atoms with Gasteiger partial charge in [0.15, 0.2) is 17.3 Å². The van der Waals surface area contributed by atoms with Crippen LogP contribution in [0.15, 0.2) is 36.7 Å². The number of amides is 1. The van der Waals surface area contributed by atoms with E-state index in [1.54, 1.807) is 0 Å². The molecule has 0 saturated heterocycles. The average molecular weight is 380 g/mol. The van der Waals surface area contributed by atoms with Crippen molar-refractivity contribution in [2.45, 2.75) is 19.1 Å². The van der Waals surface area contributed by atoms with Gasteiger partial charge in [0.2, 0.25) is 5.91 Å². The maximum Gasteiger partial charge on any atom is 0.586 e. The molecule has 2 heterocycles. The first kappa shape index (κ1) is 16.7. The van der Waals surface area contributed by atoms with Crippen molar-refractivity contribution < 1.29 is 23.0 Å².